The Morgan fingerprint density at radius 2 is 1.73 bits per heavy atom. The average molecular weight is 625 g/mol. The van der Waals surface area contributed by atoms with Gasteiger partial charge in [0.15, 0.2) is 0 Å². The molecule has 0 aromatic carbocycles. The predicted molar refractivity (Wildman–Crippen MR) is 172 cm³/mol. The minimum atomic E-state index is -2.59. The van der Waals surface area contributed by atoms with Crippen LogP contribution in [0, 0.1) is 18.8 Å². The van der Waals surface area contributed by atoms with Gasteiger partial charge in [0.25, 0.3) is 6.43 Å². The third-order valence-electron chi connectivity index (χ3n) is 9.79. The number of aryl methyl sites for hydroxylation is 1. The van der Waals surface area contributed by atoms with Crippen molar-refractivity contribution in [3.05, 3.63) is 65.6 Å². The molecule has 0 unspecified atom stereocenters. The summed E-state index contributed by atoms with van der Waals surface area (Å²) in [5.41, 5.74) is 1.62. The highest BCUT2D eigenvalue weighted by Gasteiger charge is 2.40. The Bertz CT molecular complexity index is 1430. The van der Waals surface area contributed by atoms with Crippen LogP contribution in [0.1, 0.15) is 90.5 Å². The summed E-state index contributed by atoms with van der Waals surface area (Å²) in [6.07, 6.45) is 3.19. The maximum absolute atomic E-state index is 13.1. The second kappa shape index (κ2) is 14.3. The van der Waals surface area contributed by atoms with Crippen molar-refractivity contribution >= 4 is 17.6 Å². The standard InChI is InChI=1S/C35H48F2N5O3/c1-8-42(22(2)3,23(4)5)21-45-34(43)25-9-12-28(13-10-25)35(7,44)30-14-11-27(20-39-30)29-17-24(6)18-32(40-29)41-31-19-26(33(36)37)15-16-38-31/h11,14-20,22-23,25,28,33,44H,8-10,12-13,21H2,1-7H3,(H,38,40,41)/q+1/t25?,28?,35-/m1/s1. The van der Waals surface area contributed by atoms with Crippen LogP contribution in [0.4, 0.5) is 20.4 Å². The summed E-state index contributed by atoms with van der Waals surface area (Å²) in [5, 5.41) is 14.6. The first-order valence-electron chi connectivity index (χ1n) is 16.0. The van der Waals surface area contributed by atoms with Gasteiger partial charge >= 0.3 is 5.97 Å². The van der Waals surface area contributed by atoms with Gasteiger partial charge in [0.05, 0.1) is 35.9 Å². The van der Waals surface area contributed by atoms with Crippen molar-refractivity contribution in [1.29, 1.82) is 0 Å². The zero-order valence-electron chi connectivity index (χ0n) is 27.6. The molecule has 10 heteroatoms. The van der Waals surface area contributed by atoms with Crippen molar-refractivity contribution in [3.63, 3.8) is 0 Å². The second-order valence-electron chi connectivity index (χ2n) is 13.1. The quantitative estimate of drug-likeness (QED) is 0.121. The van der Waals surface area contributed by atoms with Gasteiger partial charge in [-0.3, -0.25) is 14.3 Å². The van der Waals surface area contributed by atoms with Gasteiger partial charge in [-0.15, -0.1) is 0 Å². The molecule has 0 spiro atoms. The fourth-order valence-electron chi connectivity index (χ4n) is 6.62. The molecule has 0 aliphatic heterocycles. The number of quaternary nitrogens is 1. The highest BCUT2D eigenvalue weighted by atomic mass is 19.3. The predicted octanol–water partition coefficient (Wildman–Crippen LogP) is 7.70. The molecule has 1 fully saturated rings. The lowest BCUT2D eigenvalue weighted by Crippen LogP contribution is -2.59. The van der Waals surface area contributed by atoms with E-state index >= 15 is 0 Å². The number of hydrogen-bond acceptors (Lipinski definition) is 7. The summed E-state index contributed by atoms with van der Waals surface area (Å²) in [6, 6.07) is 10.7. The number of anilines is 2. The molecule has 3 aromatic rings. The lowest BCUT2D eigenvalue weighted by atomic mass is 9.73. The van der Waals surface area contributed by atoms with Crippen LogP contribution in [0.15, 0.2) is 48.8 Å². The van der Waals surface area contributed by atoms with Gasteiger partial charge in [-0.1, -0.05) is 0 Å². The van der Waals surface area contributed by atoms with Gasteiger partial charge in [0.2, 0.25) is 6.73 Å². The minimum absolute atomic E-state index is 0.0406. The molecule has 45 heavy (non-hydrogen) atoms. The molecule has 3 heterocycles. The number of nitrogens with zero attached hydrogens (tertiary/aromatic N) is 4. The number of esters is 1. The molecule has 3 aromatic heterocycles. The number of nitrogens with one attached hydrogen (secondary N) is 1. The van der Waals surface area contributed by atoms with E-state index in [2.05, 4.69) is 54.9 Å². The van der Waals surface area contributed by atoms with Gasteiger partial charge in [-0.2, -0.15) is 0 Å². The number of pyridine rings is 3. The number of rotatable bonds is 12. The van der Waals surface area contributed by atoms with Gasteiger partial charge < -0.3 is 15.2 Å². The van der Waals surface area contributed by atoms with Crippen molar-refractivity contribution in [2.75, 3.05) is 18.6 Å². The van der Waals surface area contributed by atoms with E-state index in [1.165, 1.54) is 18.3 Å². The van der Waals surface area contributed by atoms with E-state index in [-0.39, 0.29) is 29.2 Å². The molecule has 2 N–H and O–H groups in total. The van der Waals surface area contributed by atoms with Crippen molar-refractivity contribution in [1.82, 2.24) is 15.0 Å². The number of carbonyl (C=O) groups is 1. The Balaban J connectivity index is 1.39. The molecule has 0 saturated heterocycles. The van der Waals surface area contributed by atoms with E-state index in [0.29, 0.717) is 61.7 Å². The molecule has 1 atom stereocenters. The first-order chi connectivity index (χ1) is 21.3. The highest BCUT2D eigenvalue weighted by molar-refractivity contribution is 5.72. The topological polar surface area (TPSA) is 97.2 Å². The summed E-state index contributed by atoms with van der Waals surface area (Å²) >= 11 is 0. The van der Waals surface area contributed by atoms with E-state index in [9.17, 15) is 18.7 Å². The first-order valence-corrected chi connectivity index (χ1v) is 16.0. The largest absolute Gasteiger partial charge is 0.415 e. The first kappa shape index (κ1) is 34.4. The maximum Gasteiger partial charge on any atom is 0.313 e. The number of carbonyl (C=O) groups excluding carboxylic acids is 1. The molecule has 1 saturated carbocycles. The number of aromatic nitrogens is 3. The average Bonchev–Trinajstić information content (AvgIpc) is 3.01. The van der Waals surface area contributed by atoms with Crippen LogP contribution in [0.5, 0.6) is 0 Å². The van der Waals surface area contributed by atoms with E-state index in [4.69, 9.17) is 4.74 Å². The minimum Gasteiger partial charge on any atom is -0.415 e. The molecule has 244 valence electrons. The zero-order chi connectivity index (χ0) is 32.9. The van der Waals surface area contributed by atoms with Crippen LogP contribution in [0.2, 0.25) is 0 Å². The van der Waals surface area contributed by atoms with Crippen LogP contribution >= 0.6 is 0 Å². The van der Waals surface area contributed by atoms with Crippen molar-refractivity contribution in [3.8, 4) is 11.3 Å². The van der Waals surface area contributed by atoms with Crippen LogP contribution in [0.25, 0.3) is 11.3 Å². The lowest BCUT2D eigenvalue weighted by Gasteiger charge is -2.44. The number of ether oxygens (including phenoxy) is 1. The Morgan fingerprint density at radius 3 is 2.31 bits per heavy atom. The zero-order valence-corrected chi connectivity index (χ0v) is 27.6. The van der Waals surface area contributed by atoms with Crippen molar-refractivity contribution in [2.45, 2.75) is 98.3 Å². The monoisotopic (exact) mass is 624 g/mol. The number of aliphatic hydroxyl groups is 1. The van der Waals surface area contributed by atoms with Gasteiger partial charge in [-0.05, 0) is 122 Å². The number of alkyl halides is 2. The van der Waals surface area contributed by atoms with Gasteiger partial charge in [0.1, 0.15) is 17.2 Å². The smallest absolute Gasteiger partial charge is 0.313 e. The third-order valence-corrected chi connectivity index (χ3v) is 9.79. The number of hydrogen-bond donors (Lipinski definition) is 2. The second-order valence-corrected chi connectivity index (χ2v) is 13.1. The molecular formula is C35H48F2N5O3+. The lowest BCUT2D eigenvalue weighted by molar-refractivity contribution is -0.979. The highest BCUT2D eigenvalue weighted by Crippen LogP contribution is 2.41. The van der Waals surface area contributed by atoms with E-state index < -0.39 is 12.0 Å². The molecule has 8 nitrogen and oxygen atoms in total. The summed E-state index contributed by atoms with van der Waals surface area (Å²) < 4.78 is 32.9. The molecule has 0 radical (unpaired) electrons. The third kappa shape index (κ3) is 7.84. The maximum atomic E-state index is 13.1. The summed E-state index contributed by atoms with van der Waals surface area (Å²) in [5.74, 6) is 0.423. The summed E-state index contributed by atoms with van der Waals surface area (Å²) in [6.45, 7) is 15.9. The Hall–Kier alpha value is -3.50. The molecule has 4 rings (SSSR count). The van der Waals surface area contributed by atoms with Crippen molar-refractivity contribution < 1.29 is 27.9 Å². The van der Waals surface area contributed by atoms with Crippen molar-refractivity contribution in [2.24, 2.45) is 11.8 Å². The van der Waals surface area contributed by atoms with Crippen LogP contribution < -0.4 is 5.32 Å². The molecule has 0 amide bonds. The summed E-state index contributed by atoms with van der Waals surface area (Å²) in [7, 11) is 0. The molecular weight excluding hydrogens is 576 g/mol. The summed E-state index contributed by atoms with van der Waals surface area (Å²) in [4.78, 5) is 26.5. The number of halogens is 2. The SMILES string of the molecule is CC[N+](COC(=O)C1CCC([C@@](C)(O)c2ccc(-c3cc(C)cc(Nc4cc(C(F)F)ccn4)n3)cn2)CC1)(C(C)C)C(C)C. The van der Waals surface area contributed by atoms with Crippen LogP contribution in [-0.2, 0) is 15.1 Å². The van der Waals surface area contributed by atoms with Gasteiger partial charge in [-0.25, -0.2) is 18.7 Å². The van der Waals surface area contributed by atoms with E-state index in [1.807, 2.05) is 31.2 Å². The van der Waals surface area contributed by atoms with Crippen LogP contribution in [-0.4, -0.2) is 55.9 Å². The Kier molecular flexibility index (Phi) is 10.9. The fraction of sp³-hybridized carbons (Fsp3) is 0.543. The van der Waals surface area contributed by atoms with E-state index in [0.717, 1.165) is 22.2 Å². The molecule has 1 aliphatic carbocycles. The normalized spacial score (nSPS) is 18.7. The Morgan fingerprint density at radius 1 is 1.04 bits per heavy atom. The van der Waals surface area contributed by atoms with Gasteiger partial charge in [0, 0.05) is 23.5 Å². The Labute approximate surface area is 265 Å². The van der Waals surface area contributed by atoms with E-state index in [1.54, 1.807) is 13.1 Å². The molecule has 1 aliphatic rings. The fourth-order valence-corrected chi connectivity index (χ4v) is 6.62. The van der Waals surface area contributed by atoms with Crippen LogP contribution in [0.3, 0.4) is 0 Å². The molecule has 0 bridgehead atoms.